The molecule has 5 rings (SSSR count). The molecule has 3 aliphatic rings. The summed E-state index contributed by atoms with van der Waals surface area (Å²) >= 11 is 6.09. The van der Waals surface area contributed by atoms with Crippen LogP contribution >= 0.6 is 19.2 Å². The van der Waals surface area contributed by atoms with Gasteiger partial charge < -0.3 is 23.8 Å². The molecule has 0 amide bonds. The van der Waals surface area contributed by atoms with Gasteiger partial charge in [0.2, 0.25) is 0 Å². The number of fused-ring (bicyclic) bond motifs is 2. The Hall–Kier alpha value is -1.09. The van der Waals surface area contributed by atoms with Gasteiger partial charge in [0.1, 0.15) is 18.2 Å². The van der Waals surface area contributed by atoms with E-state index in [0.717, 1.165) is 6.42 Å². The third kappa shape index (κ3) is 2.38. The molecule has 2 N–H and O–H groups in total. The van der Waals surface area contributed by atoms with Gasteiger partial charge in [-0.1, -0.05) is 11.6 Å². The molecule has 3 fully saturated rings. The molecule has 2 saturated carbocycles. The van der Waals surface area contributed by atoms with E-state index in [0.29, 0.717) is 28.8 Å². The maximum absolute atomic E-state index is 11.2. The molecule has 2 aromatic heterocycles. The lowest BCUT2D eigenvalue weighted by atomic mass is 9.84. The highest BCUT2D eigenvalue weighted by Crippen LogP contribution is 2.60. The number of rotatable bonds is 4. The van der Waals surface area contributed by atoms with Gasteiger partial charge in [-0.05, 0) is 12.3 Å². The van der Waals surface area contributed by atoms with Crippen molar-refractivity contribution in [2.75, 3.05) is 13.0 Å². The minimum atomic E-state index is -4.21. The second-order valence-electron chi connectivity index (χ2n) is 6.93. The van der Waals surface area contributed by atoms with Crippen molar-refractivity contribution in [3.05, 3.63) is 17.8 Å². The molecular weight excluding hydrogens is 371 g/mol. The van der Waals surface area contributed by atoms with Crippen molar-refractivity contribution in [3.8, 4) is 0 Å². The smallest absolute Gasteiger partial charge is 0.350 e. The monoisotopic (exact) mass is 386 g/mol. The molecule has 6 atom stereocenters. The van der Waals surface area contributed by atoms with Crippen LogP contribution in [0.25, 0.3) is 11.2 Å². The Morgan fingerprint density at radius 3 is 2.96 bits per heavy atom. The lowest BCUT2D eigenvalue weighted by Crippen LogP contribution is -2.39. The van der Waals surface area contributed by atoms with Crippen LogP contribution < -0.4 is 0 Å². The van der Waals surface area contributed by atoms with Gasteiger partial charge in [-0.15, -0.1) is 0 Å². The normalized spacial score (nSPS) is 36.6. The molecule has 25 heavy (non-hydrogen) atoms. The molecule has 6 unspecified atom stereocenters. The Morgan fingerprint density at radius 1 is 1.32 bits per heavy atom. The van der Waals surface area contributed by atoms with Crippen molar-refractivity contribution in [2.24, 2.45) is 17.8 Å². The van der Waals surface area contributed by atoms with E-state index in [9.17, 15) is 4.57 Å². The molecule has 2 aliphatic carbocycles. The highest BCUT2D eigenvalue weighted by molar-refractivity contribution is 7.51. The van der Waals surface area contributed by atoms with E-state index < -0.39 is 13.9 Å². The Labute approximate surface area is 147 Å². The number of nitrogens with zero attached hydrogens (tertiary/aromatic N) is 4. The van der Waals surface area contributed by atoms with E-state index in [2.05, 4.69) is 15.0 Å². The summed E-state index contributed by atoms with van der Waals surface area (Å²) in [5.74, 6) is 0.609. The molecule has 1 saturated heterocycles. The molecule has 2 aromatic rings. The van der Waals surface area contributed by atoms with Gasteiger partial charge in [0, 0.05) is 11.8 Å². The first kappa shape index (κ1) is 16.1. The third-order valence-electron chi connectivity index (χ3n) is 5.69. The molecule has 0 spiro atoms. The van der Waals surface area contributed by atoms with Crippen LogP contribution in [0.2, 0.25) is 5.15 Å². The van der Waals surface area contributed by atoms with Crippen LogP contribution in [0.5, 0.6) is 0 Å². The fourth-order valence-corrected chi connectivity index (χ4v) is 5.44. The van der Waals surface area contributed by atoms with Crippen LogP contribution in [0, 0.1) is 17.8 Å². The van der Waals surface area contributed by atoms with Gasteiger partial charge in [-0.3, -0.25) is 4.57 Å². The number of halogens is 1. The molecule has 134 valence electrons. The number of aromatic nitrogens is 4. The number of hydrogen-bond acceptors (Lipinski definition) is 6. The minimum absolute atomic E-state index is 0.0380. The average Bonchev–Trinajstić information content (AvgIpc) is 3.24. The number of hydrogen-bond donors (Lipinski definition) is 2. The zero-order valence-electron chi connectivity index (χ0n) is 13.0. The van der Waals surface area contributed by atoms with Crippen molar-refractivity contribution in [1.29, 1.82) is 0 Å². The maximum Gasteiger partial charge on any atom is 0.350 e. The minimum Gasteiger partial charge on any atom is -0.375 e. The second-order valence-corrected chi connectivity index (χ2v) is 8.87. The van der Waals surface area contributed by atoms with E-state index in [1.807, 2.05) is 4.57 Å². The van der Waals surface area contributed by atoms with Crippen molar-refractivity contribution >= 4 is 30.4 Å². The molecule has 1 aliphatic heterocycles. The highest BCUT2D eigenvalue weighted by Gasteiger charge is 2.63. The van der Waals surface area contributed by atoms with Crippen LogP contribution in [0.4, 0.5) is 0 Å². The maximum atomic E-state index is 11.2. The van der Waals surface area contributed by atoms with Gasteiger partial charge in [0.05, 0.1) is 31.2 Å². The quantitative estimate of drug-likeness (QED) is 0.594. The first-order valence-corrected chi connectivity index (χ1v) is 10.2. The van der Waals surface area contributed by atoms with Gasteiger partial charge in [0.25, 0.3) is 0 Å². The predicted molar refractivity (Wildman–Crippen MR) is 86.0 cm³/mol. The summed E-state index contributed by atoms with van der Waals surface area (Å²) in [5, 5.41) is 0.298. The Morgan fingerprint density at radius 2 is 2.16 bits per heavy atom. The van der Waals surface area contributed by atoms with E-state index in [-0.39, 0.29) is 30.1 Å². The van der Waals surface area contributed by atoms with Crippen molar-refractivity contribution in [3.63, 3.8) is 0 Å². The molecular formula is C14H16ClN4O5P. The molecule has 0 radical (unpaired) electrons. The highest BCUT2D eigenvalue weighted by atomic mass is 35.5. The first-order valence-electron chi connectivity index (χ1n) is 8.05. The topological polar surface area (TPSA) is 120 Å². The number of imidazole rings is 1. The summed E-state index contributed by atoms with van der Waals surface area (Å²) in [7, 11) is -4.21. The Bertz CT molecular complexity index is 887. The molecule has 9 nitrogen and oxygen atoms in total. The number of ether oxygens (including phenoxy) is 2. The average molecular weight is 387 g/mol. The molecule has 11 heteroatoms. The summed E-state index contributed by atoms with van der Waals surface area (Å²) in [6.07, 6.45) is 3.23. The van der Waals surface area contributed by atoms with Crippen LogP contribution in [-0.4, -0.2) is 54.5 Å². The zero-order valence-corrected chi connectivity index (χ0v) is 14.6. The zero-order chi connectivity index (χ0) is 17.3. The molecule has 3 heterocycles. The SMILES string of the molecule is O=P(O)(O)COC1C2COC3C2CC1C3n1cnc2c(Cl)ncnc21. The van der Waals surface area contributed by atoms with Gasteiger partial charge in [0.15, 0.2) is 10.8 Å². The summed E-state index contributed by atoms with van der Waals surface area (Å²) in [4.78, 5) is 30.9. The summed E-state index contributed by atoms with van der Waals surface area (Å²) < 4.78 is 24.8. The van der Waals surface area contributed by atoms with Crippen molar-refractivity contribution < 1.29 is 23.8 Å². The summed E-state index contributed by atoms with van der Waals surface area (Å²) in [5.41, 5.74) is 1.17. The van der Waals surface area contributed by atoms with Gasteiger partial charge in [-0.2, -0.15) is 0 Å². The van der Waals surface area contributed by atoms with Crippen molar-refractivity contribution in [1.82, 2.24) is 19.5 Å². The predicted octanol–water partition coefficient (Wildman–Crippen LogP) is 1.21. The van der Waals surface area contributed by atoms with E-state index in [4.69, 9.17) is 30.9 Å². The largest absolute Gasteiger partial charge is 0.375 e. The Balaban J connectivity index is 1.51. The van der Waals surface area contributed by atoms with Crippen LogP contribution in [0.1, 0.15) is 12.5 Å². The fraction of sp³-hybridized carbons (Fsp3) is 0.643. The lowest BCUT2D eigenvalue weighted by molar-refractivity contribution is -0.00988. The van der Waals surface area contributed by atoms with E-state index in [1.165, 1.54) is 6.33 Å². The summed E-state index contributed by atoms with van der Waals surface area (Å²) in [6, 6.07) is -0.0403. The van der Waals surface area contributed by atoms with Crippen LogP contribution in [0.3, 0.4) is 0 Å². The second kappa shape index (κ2) is 5.45. The van der Waals surface area contributed by atoms with Crippen molar-refractivity contribution in [2.45, 2.75) is 24.7 Å². The molecule has 2 bridgehead atoms. The first-order chi connectivity index (χ1) is 11.9. The lowest BCUT2D eigenvalue weighted by Gasteiger charge is -2.34. The van der Waals surface area contributed by atoms with Gasteiger partial charge in [-0.25, -0.2) is 15.0 Å². The van der Waals surface area contributed by atoms with Crippen LogP contribution in [0.15, 0.2) is 12.7 Å². The van der Waals surface area contributed by atoms with E-state index in [1.54, 1.807) is 6.33 Å². The Kier molecular flexibility index (Phi) is 3.51. The third-order valence-corrected chi connectivity index (χ3v) is 6.45. The van der Waals surface area contributed by atoms with Crippen LogP contribution in [-0.2, 0) is 14.0 Å². The standard InChI is InChI=1S/C14H16ClN4O5P/c15-13-9-14(17-3-16-13)19(4-18-9)10-7-1-6-8(2-23-12(6)10)11(7)24-5-25(20,21)22/h3-4,6-8,10-12H,1-2,5H2,(H2,20,21,22). The molecule has 0 aromatic carbocycles. The summed E-state index contributed by atoms with van der Waals surface area (Å²) in [6.45, 7) is 0.552. The van der Waals surface area contributed by atoms with Gasteiger partial charge >= 0.3 is 7.60 Å². The fourth-order valence-electron chi connectivity index (χ4n) is 4.89. The van der Waals surface area contributed by atoms with E-state index >= 15 is 0 Å².